The van der Waals surface area contributed by atoms with Crippen molar-refractivity contribution in [2.24, 2.45) is 0 Å². The summed E-state index contributed by atoms with van der Waals surface area (Å²) in [5.74, 6) is -0.575. The Labute approximate surface area is 145 Å². The Morgan fingerprint density at radius 3 is 2.83 bits per heavy atom. The minimum Gasteiger partial charge on any atom is -0.323 e. The van der Waals surface area contributed by atoms with Crippen LogP contribution in [0.2, 0.25) is 0 Å². The lowest BCUT2D eigenvalue weighted by Gasteiger charge is -2.07. The second-order valence-corrected chi connectivity index (χ2v) is 6.71. The number of rotatable bonds is 4. The number of aromatic nitrogens is 1. The van der Waals surface area contributed by atoms with Crippen LogP contribution in [0.25, 0.3) is 10.9 Å². The number of pyridine rings is 1. The number of amides is 1. The summed E-state index contributed by atoms with van der Waals surface area (Å²) in [5, 5.41) is 4.37. The summed E-state index contributed by atoms with van der Waals surface area (Å²) in [6.07, 6.45) is 0. The Hall–Kier alpha value is -1.92. The Morgan fingerprint density at radius 2 is 2.00 bits per heavy atom. The van der Waals surface area contributed by atoms with Crippen molar-refractivity contribution in [1.82, 2.24) is 4.98 Å². The highest BCUT2D eigenvalue weighted by atomic mass is 79.9. The molecule has 0 spiro atoms. The molecule has 0 atom stereocenters. The van der Waals surface area contributed by atoms with E-state index in [2.05, 4.69) is 26.2 Å². The highest BCUT2D eigenvalue weighted by molar-refractivity contribution is 9.10. The molecule has 0 unspecified atom stereocenters. The zero-order chi connectivity index (χ0) is 16.2. The Morgan fingerprint density at radius 1 is 1.17 bits per heavy atom. The normalized spacial score (nSPS) is 10.7. The van der Waals surface area contributed by atoms with Crippen molar-refractivity contribution >= 4 is 50.2 Å². The van der Waals surface area contributed by atoms with Crippen LogP contribution in [0.5, 0.6) is 0 Å². The van der Waals surface area contributed by atoms with Crippen LogP contribution in [0.4, 0.5) is 10.1 Å². The van der Waals surface area contributed by atoms with Gasteiger partial charge >= 0.3 is 0 Å². The molecule has 1 heterocycles. The predicted molar refractivity (Wildman–Crippen MR) is 95.2 cm³/mol. The first kappa shape index (κ1) is 16.0. The first-order chi connectivity index (χ1) is 11.1. The van der Waals surface area contributed by atoms with E-state index in [9.17, 15) is 9.18 Å². The van der Waals surface area contributed by atoms with Crippen molar-refractivity contribution in [2.75, 3.05) is 11.1 Å². The Balaban J connectivity index is 1.63. The number of nitrogens with zero attached hydrogens (tertiary/aromatic N) is 1. The molecule has 0 fully saturated rings. The molecule has 23 heavy (non-hydrogen) atoms. The maximum Gasteiger partial charge on any atom is 0.234 e. The van der Waals surface area contributed by atoms with E-state index < -0.39 is 5.82 Å². The van der Waals surface area contributed by atoms with Gasteiger partial charge in [0.1, 0.15) is 5.82 Å². The van der Waals surface area contributed by atoms with Gasteiger partial charge in [0.25, 0.3) is 0 Å². The molecule has 0 saturated heterocycles. The molecule has 0 bridgehead atoms. The van der Waals surface area contributed by atoms with Gasteiger partial charge in [0.15, 0.2) is 0 Å². The van der Waals surface area contributed by atoms with Crippen molar-refractivity contribution in [1.29, 1.82) is 0 Å². The molecule has 1 amide bonds. The molecule has 116 valence electrons. The smallest absolute Gasteiger partial charge is 0.234 e. The van der Waals surface area contributed by atoms with Gasteiger partial charge in [-0.15, -0.1) is 0 Å². The quantitative estimate of drug-likeness (QED) is 0.646. The van der Waals surface area contributed by atoms with E-state index in [4.69, 9.17) is 0 Å². The number of para-hydroxylation sites is 1. The SMILES string of the molecule is O=C(CSc1ccc2ccccc2n1)Nc1ccc(Br)cc1F. The summed E-state index contributed by atoms with van der Waals surface area (Å²) in [5.41, 5.74) is 1.06. The minimum atomic E-state index is -0.471. The molecule has 0 radical (unpaired) electrons. The first-order valence-electron chi connectivity index (χ1n) is 6.85. The molecule has 3 rings (SSSR count). The molecule has 2 aromatic carbocycles. The summed E-state index contributed by atoms with van der Waals surface area (Å²) in [6.45, 7) is 0. The van der Waals surface area contributed by atoms with Crippen molar-refractivity contribution in [2.45, 2.75) is 5.03 Å². The number of hydrogen-bond acceptors (Lipinski definition) is 3. The van der Waals surface area contributed by atoms with Crippen molar-refractivity contribution < 1.29 is 9.18 Å². The molecule has 6 heteroatoms. The van der Waals surface area contributed by atoms with Crippen LogP contribution >= 0.6 is 27.7 Å². The summed E-state index contributed by atoms with van der Waals surface area (Å²) in [4.78, 5) is 16.4. The van der Waals surface area contributed by atoms with Crippen molar-refractivity contribution in [3.63, 3.8) is 0 Å². The van der Waals surface area contributed by atoms with Gasteiger partial charge in [0.05, 0.1) is 22.0 Å². The molecular weight excluding hydrogens is 379 g/mol. The number of carbonyl (C=O) groups excluding carboxylic acids is 1. The van der Waals surface area contributed by atoms with E-state index in [1.165, 1.54) is 23.9 Å². The fraction of sp³-hybridized carbons (Fsp3) is 0.0588. The zero-order valence-corrected chi connectivity index (χ0v) is 14.3. The largest absolute Gasteiger partial charge is 0.323 e. The number of thioether (sulfide) groups is 1. The highest BCUT2D eigenvalue weighted by Crippen LogP contribution is 2.22. The van der Waals surface area contributed by atoms with E-state index in [0.717, 1.165) is 15.9 Å². The van der Waals surface area contributed by atoms with Crippen LogP contribution in [0.3, 0.4) is 0 Å². The lowest BCUT2D eigenvalue weighted by atomic mass is 10.2. The number of carbonyl (C=O) groups is 1. The Bertz CT molecular complexity index is 872. The van der Waals surface area contributed by atoms with Crippen LogP contribution in [0.15, 0.2) is 64.1 Å². The monoisotopic (exact) mass is 390 g/mol. The van der Waals surface area contributed by atoms with Crippen LogP contribution in [-0.2, 0) is 4.79 Å². The molecule has 0 saturated carbocycles. The highest BCUT2D eigenvalue weighted by Gasteiger charge is 2.09. The maximum absolute atomic E-state index is 13.7. The molecule has 1 aromatic heterocycles. The van der Waals surface area contributed by atoms with Crippen LogP contribution < -0.4 is 5.32 Å². The van der Waals surface area contributed by atoms with E-state index >= 15 is 0 Å². The number of nitrogens with one attached hydrogen (secondary N) is 1. The molecule has 0 aliphatic rings. The molecule has 0 aliphatic carbocycles. The van der Waals surface area contributed by atoms with Gasteiger partial charge in [-0.2, -0.15) is 0 Å². The lowest BCUT2D eigenvalue weighted by molar-refractivity contribution is -0.113. The van der Waals surface area contributed by atoms with Crippen LogP contribution in [0.1, 0.15) is 0 Å². The molecule has 3 aromatic rings. The number of fused-ring (bicyclic) bond motifs is 1. The summed E-state index contributed by atoms with van der Waals surface area (Å²) in [6, 6.07) is 16.2. The molecular formula is C17H12BrFN2OS. The van der Waals surface area contributed by atoms with E-state index in [0.29, 0.717) is 4.47 Å². The van der Waals surface area contributed by atoms with E-state index in [1.54, 1.807) is 6.07 Å². The molecule has 1 N–H and O–H groups in total. The van der Waals surface area contributed by atoms with Gasteiger partial charge in [-0.25, -0.2) is 9.37 Å². The van der Waals surface area contributed by atoms with E-state index in [1.807, 2.05) is 36.4 Å². The van der Waals surface area contributed by atoms with Gasteiger partial charge in [-0.05, 0) is 30.3 Å². The van der Waals surface area contributed by atoms with Gasteiger partial charge in [-0.3, -0.25) is 4.79 Å². The summed E-state index contributed by atoms with van der Waals surface area (Å²) >= 11 is 4.50. The maximum atomic E-state index is 13.7. The molecule has 0 aliphatic heterocycles. The summed E-state index contributed by atoms with van der Waals surface area (Å²) in [7, 11) is 0. The van der Waals surface area contributed by atoms with Crippen LogP contribution in [0, 0.1) is 5.82 Å². The first-order valence-corrected chi connectivity index (χ1v) is 8.63. The number of halogens is 2. The van der Waals surface area contributed by atoms with Crippen LogP contribution in [-0.4, -0.2) is 16.6 Å². The van der Waals surface area contributed by atoms with E-state index in [-0.39, 0.29) is 17.3 Å². The number of anilines is 1. The van der Waals surface area contributed by atoms with Gasteiger partial charge in [-0.1, -0.05) is 52.0 Å². The van der Waals surface area contributed by atoms with Gasteiger partial charge < -0.3 is 5.32 Å². The third-order valence-corrected chi connectivity index (χ3v) is 4.55. The third-order valence-electron chi connectivity index (χ3n) is 3.13. The van der Waals surface area contributed by atoms with Crippen molar-refractivity contribution in [3.05, 3.63) is 64.9 Å². The molecule has 3 nitrogen and oxygen atoms in total. The fourth-order valence-corrected chi connectivity index (χ4v) is 3.06. The standard InChI is InChI=1S/C17H12BrFN2OS/c18-12-6-7-15(13(19)9-12)20-16(22)10-23-17-8-5-11-3-1-2-4-14(11)21-17/h1-9H,10H2,(H,20,22). The lowest BCUT2D eigenvalue weighted by Crippen LogP contribution is -2.15. The number of hydrogen-bond donors (Lipinski definition) is 1. The fourth-order valence-electron chi connectivity index (χ4n) is 2.04. The van der Waals surface area contributed by atoms with Gasteiger partial charge in [0, 0.05) is 9.86 Å². The zero-order valence-electron chi connectivity index (χ0n) is 11.9. The predicted octanol–water partition coefficient (Wildman–Crippen LogP) is 4.87. The average molecular weight is 391 g/mol. The van der Waals surface area contributed by atoms with Gasteiger partial charge in [0.2, 0.25) is 5.91 Å². The van der Waals surface area contributed by atoms with Crippen molar-refractivity contribution in [3.8, 4) is 0 Å². The third kappa shape index (κ3) is 4.09. The summed E-state index contributed by atoms with van der Waals surface area (Å²) < 4.78 is 14.3. The second-order valence-electron chi connectivity index (χ2n) is 4.80. The minimum absolute atomic E-state index is 0.168. The average Bonchev–Trinajstić information content (AvgIpc) is 2.55. The second kappa shape index (κ2) is 7.10. The topological polar surface area (TPSA) is 42.0 Å². The Kier molecular flexibility index (Phi) is 4.93. The number of benzene rings is 2.